The van der Waals surface area contributed by atoms with Crippen LogP contribution >= 0.6 is 11.6 Å². The number of anilines is 1. The third-order valence-corrected chi connectivity index (χ3v) is 7.43. The highest BCUT2D eigenvalue weighted by Gasteiger charge is 2.48. The van der Waals surface area contributed by atoms with E-state index in [1.807, 2.05) is 67.7 Å². The summed E-state index contributed by atoms with van der Waals surface area (Å²) in [5, 5.41) is 0.648. The van der Waals surface area contributed by atoms with E-state index in [2.05, 4.69) is 29.2 Å². The van der Waals surface area contributed by atoms with E-state index in [0.29, 0.717) is 16.1 Å². The van der Waals surface area contributed by atoms with Crippen LogP contribution in [0.1, 0.15) is 37.4 Å². The smallest absolute Gasteiger partial charge is 0.197 e. The molecule has 6 rings (SSSR count). The standard InChI is InChI=1S/C32H22ClNO2/c1-34-28-18-16-23(33)20-27(28)32(21-10-4-2-5-11-21,22-12-6-3-7-13-22)29(34)19-17-26-30(35)24-14-8-9-15-25(24)31(26)36/h2-20H,1H3/b29-19+. The van der Waals surface area contributed by atoms with Crippen molar-refractivity contribution in [1.82, 2.24) is 0 Å². The van der Waals surface area contributed by atoms with Crippen molar-refractivity contribution in [2.24, 2.45) is 0 Å². The van der Waals surface area contributed by atoms with Crippen LogP contribution in [0.5, 0.6) is 0 Å². The molecule has 1 heterocycles. The fraction of sp³-hybridized carbons (Fsp3) is 0.0625. The molecule has 0 atom stereocenters. The molecule has 0 spiro atoms. The Kier molecular flexibility index (Phi) is 5.24. The molecule has 0 fully saturated rings. The van der Waals surface area contributed by atoms with E-state index in [1.54, 1.807) is 30.3 Å². The van der Waals surface area contributed by atoms with Gasteiger partial charge in [-0.15, -0.1) is 0 Å². The highest BCUT2D eigenvalue weighted by Crippen LogP contribution is 2.55. The first-order valence-corrected chi connectivity index (χ1v) is 12.2. The predicted molar refractivity (Wildman–Crippen MR) is 144 cm³/mol. The number of allylic oxidation sites excluding steroid dienone is 4. The minimum absolute atomic E-state index is 0.182. The molecule has 0 unspecified atom stereocenters. The highest BCUT2D eigenvalue weighted by molar-refractivity contribution is 6.39. The Labute approximate surface area is 215 Å². The molecule has 36 heavy (non-hydrogen) atoms. The summed E-state index contributed by atoms with van der Waals surface area (Å²) in [6.45, 7) is 0. The Balaban J connectivity index is 1.64. The molecule has 4 aromatic carbocycles. The zero-order chi connectivity index (χ0) is 24.9. The number of rotatable bonds is 3. The second-order valence-electron chi connectivity index (χ2n) is 9.04. The topological polar surface area (TPSA) is 37.4 Å². The number of hydrogen-bond acceptors (Lipinski definition) is 3. The van der Waals surface area contributed by atoms with E-state index in [0.717, 1.165) is 28.1 Å². The second kappa shape index (κ2) is 8.47. The number of benzene rings is 4. The van der Waals surface area contributed by atoms with Crippen molar-refractivity contribution in [3.63, 3.8) is 0 Å². The molecule has 4 heteroatoms. The molecule has 3 nitrogen and oxygen atoms in total. The van der Waals surface area contributed by atoms with E-state index < -0.39 is 5.41 Å². The summed E-state index contributed by atoms with van der Waals surface area (Å²) in [7, 11) is 2.01. The first kappa shape index (κ1) is 22.3. The first-order chi connectivity index (χ1) is 17.5. The van der Waals surface area contributed by atoms with Gasteiger partial charge in [0.25, 0.3) is 0 Å². The number of likely N-dealkylation sites (N-methyl/N-ethyl adjacent to an activating group) is 1. The number of Topliss-reactive ketones (excluding diaryl/α,β-unsaturated/α-hetero) is 2. The Morgan fingerprint density at radius 3 is 1.78 bits per heavy atom. The summed E-state index contributed by atoms with van der Waals surface area (Å²) >= 11 is 6.55. The van der Waals surface area contributed by atoms with Crippen LogP contribution in [-0.4, -0.2) is 18.6 Å². The average molecular weight is 488 g/mol. The van der Waals surface area contributed by atoms with E-state index >= 15 is 0 Å². The van der Waals surface area contributed by atoms with E-state index in [1.165, 1.54) is 0 Å². The summed E-state index contributed by atoms with van der Waals surface area (Å²) in [4.78, 5) is 28.3. The van der Waals surface area contributed by atoms with Gasteiger partial charge in [-0.2, -0.15) is 0 Å². The van der Waals surface area contributed by atoms with Crippen molar-refractivity contribution in [2.75, 3.05) is 11.9 Å². The van der Waals surface area contributed by atoms with Crippen molar-refractivity contribution >= 4 is 28.9 Å². The van der Waals surface area contributed by atoms with Gasteiger partial charge < -0.3 is 4.90 Å². The lowest BCUT2D eigenvalue weighted by molar-refractivity contribution is 0.0989. The summed E-state index contributed by atoms with van der Waals surface area (Å²) in [5.74, 6) is -0.475. The zero-order valence-corrected chi connectivity index (χ0v) is 20.4. The van der Waals surface area contributed by atoms with Gasteiger partial charge in [-0.25, -0.2) is 0 Å². The largest absolute Gasteiger partial charge is 0.346 e. The summed E-state index contributed by atoms with van der Waals surface area (Å²) < 4.78 is 0. The van der Waals surface area contributed by atoms with Crippen molar-refractivity contribution in [2.45, 2.75) is 5.41 Å². The SMILES string of the molecule is CN1/C(=C/C=C2C(=O)c3ccccc3C2=O)C(c2ccccc2)(c2ccccc2)c2cc(Cl)ccc21. The maximum Gasteiger partial charge on any atom is 0.197 e. The van der Waals surface area contributed by atoms with Crippen LogP contribution in [0.15, 0.2) is 127 Å². The van der Waals surface area contributed by atoms with Gasteiger partial charge in [0.05, 0.1) is 11.0 Å². The van der Waals surface area contributed by atoms with Crippen LogP contribution in [0.2, 0.25) is 5.02 Å². The van der Waals surface area contributed by atoms with Gasteiger partial charge in [0.2, 0.25) is 0 Å². The van der Waals surface area contributed by atoms with Gasteiger partial charge in [-0.1, -0.05) is 96.5 Å². The monoisotopic (exact) mass is 487 g/mol. The number of nitrogens with zero attached hydrogens (tertiary/aromatic N) is 1. The van der Waals surface area contributed by atoms with Gasteiger partial charge >= 0.3 is 0 Å². The minimum Gasteiger partial charge on any atom is -0.346 e. The Morgan fingerprint density at radius 2 is 1.22 bits per heavy atom. The lowest BCUT2D eigenvalue weighted by Crippen LogP contribution is -2.32. The number of carbonyl (C=O) groups is 2. The molecular formula is C32H22ClNO2. The van der Waals surface area contributed by atoms with Crippen LogP contribution in [0.3, 0.4) is 0 Å². The zero-order valence-electron chi connectivity index (χ0n) is 19.6. The third-order valence-electron chi connectivity index (χ3n) is 7.20. The molecule has 1 aliphatic carbocycles. The Hall–Kier alpha value is -4.21. The number of hydrogen-bond donors (Lipinski definition) is 0. The molecule has 0 radical (unpaired) electrons. The molecule has 0 N–H and O–H groups in total. The average Bonchev–Trinajstić information content (AvgIpc) is 3.31. The Bertz CT molecular complexity index is 1510. The molecular weight excluding hydrogens is 466 g/mol. The molecule has 0 bridgehead atoms. The lowest BCUT2D eigenvalue weighted by atomic mass is 9.68. The molecule has 0 saturated heterocycles. The fourth-order valence-corrected chi connectivity index (χ4v) is 5.77. The predicted octanol–water partition coefficient (Wildman–Crippen LogP) is 7.01. The molecule has 4 aromatic rings. The van der Waals surface area contributed by atoms with Crippen molar-refractivity contribution in [3.8, 4) is 0 Å². The van der Waals surface area contributed by atoms with Crippen molar-refractivity contribution in [3.05, 3.63) is 159 Å². The quantitative estimate of drug-likeness (QED) is 0.230. The van der Waals surface area contributed by atoms with Gasteiger partial charge in [0.1, 0.15) is 0 Å². The summed E-state index contributed by atoms with van der Waals surface area (Å²) in [5.41, 5.74) is 5.55. The van der Waals surface area contributed by atoms with Gasteiger partial charge in [0.15, 0.2) is 11.6 Å². The first-order valence-electron chi connectivity index (χ1n) is 11.8. The second-order valence-corrected chi connectivity index (χ2v) is 9.48. The third kappa shape index (κ3) is 3.13. The summed E-state index contributed by atoms with van der Waals surface area (Å²) in [6, 6.07) is 33.5. The van der Waals surface area contributed by atoms with E-state index in [4.69, 9.17) is 11.6 Å². The minimum atomic E-state index is -0.688. The molecule has 0 saturated carbocycles. The number of fused-ring (bicyclic) bond motifs is 2. The van der Waals surface area contributed by atoms with Crippen molar-refractivity contribution < 1.29 is 9.59 Å². The molecule has 0 amide bonds. The van der Waals surface area contributed by atoms with E-state index in [9.17, 15) is 9.59 Å². The van der Waals surface area contributed by atoms with Gasteiger partial charge in [-0.05, 0) is 47.0 Å². The normalized spacial score (nSPS) is 16.9. The number of halogens is 1. The van der Waals surface area contributed by atoms with E-state index in [-0.39, 0.29) is 17.1 Å². The van der Waals surface area contributed by atoms with Crippen LogP contribution in [0, 0.1) is 0 Å². The van der Waals surface area contributed by atoms with Gasteiger partial charge in [0, 0.05) is 34.6 Å². The maximum absolute atomic E-state index is 13.1. The van der Waals surface area contributed by atoms with Crippen LogP contribution in [-0.2, 0) is 5.41 Å². The molecule has 0 aromatic heterocycles. The number of ketones is 2. The van der Waals surface area contributed by atoms with Crippen LogP contribution in [0.25, 0.3) is 0 Å². The Morgan fingerprint density at radius 1 is 0.694 bits per heavy atom. The van der Waals surface area contributed by atoms with Crippen LogP contribution < -0.4 is 4.90 Å². The van der Waals surface area contributed by atoms with Crippen LogP contribution in [0.4, 0.5) is 5.69 Å². The molecule has 174 valence electrons. The maximum atomic E-state index is 13.1. The number of carbonyl (C=O) groups excluding carboxylic acids is 2. The van der Waals surface area contributed by atoms with Gasteiger partial charge in [-0.3, -0.25) is 9.59 Å². The molecule has 1 aliphatic heterocycles. The fourth-order valence-electron chi connectivity index (χ4n) is 5.59. The van der Waals surface area contributed by atoms with Crippen molar-refractivity contribution in [1.29, 1.82) is 0 Å². The lowest BCUT2D eigenvalue weighted by Gasteiger charge is -2.34. The summed E-state index contributed by atoms with van der Waals surface area (Å²) in [6.07, 6.45) is 3.61. The highest BCUT2D eigenvalue weighted by atomic mass is 35.5. The molecule has 2 aliphatic rings.